The van der Waals surface area contributed by atoms with Crippen molar-refractivity contribution in [2.75, 3.05) is 13.2 Å². The Morgan fingerprint density at radius 1 is 1.33 bits per heavy atom. The summed E-state index contributed by atoms with van der Waals surface area (Å²) in [6.45, 7) is 5.51. The van der Waals surface area contributed by atoms with E-state index < -0.39 is 0 Å². The monoisotopic (exact) mass is 208 g/mol. The minimum Gasteiger partial charge on any atom is -0.460 e. The highest BCUT2D eigenvalue weighted by Gasteiger charge is 2.16. The predicted molar refractivity (Wildman–Crippen MR) is 56.0 cm³/mol. The Hall–Kier alpha value is -1.16. The zero-order chi connectivity index (χ0) is 10.7. The molecule has 4 nitrogen and oxygen atoms in total. The molecule has 1 aromatic heterocycles. The SMILES string of the molecule is Cc1cnc(OC2CCOCC2)nc1C. The molecule has 0 spiro atoms. The van der Waals surface area contributed by atoms with Crippen LogP contribution < -0.4 is 4.74 Å². The number of rotatable bonds is 2. The van der Waals surface area contributed by atoms with Crippen LogP contribution in [0.25, 0.3) is 0 Å². The summed E-state index contributed by atoms with van der Waals surface area (Å²) in [5, 5.41) is 0. The molecular weight excluding hydrogens is 192 g/mol. The first kappa shape index (κ1) is 10.4. The van der Waals surface area contributed by atoms with Crippen molar-refractivity contribution in [3.8, 4) is 6.01 Å². The minimum absolute atomic E-state index is 0.209. The molecule has 2 rings (SSSR count). The van der Waals surface area contributed by atoms with Crippen LogP contribution >= 0.6 is 0 Å². The maximum atomic E-state index is 5.69. The van der Waals surface area contributed by atoms with Gasteiger partial charge in [0.25, 0.3) is 0 Å². The molecule has 0 bridgehead atoms. The zero-order valence-corrected chi connectivity index (χ0v) is 9.19. The summed E-state index contributed by atoms with van der Waals surface area (Å²) in [5.41, 5.74) is 2.07. The summed E-state index contributed by atoms with van der Waals surface area (Å²) in [6, 6.07) is 0.491. The van der Waals surface area contributed by atoms with Gasteiger partial charge >= 0.3 is 6.01 Å². The van der Waals surface area contributed by atoms with Gasteiger partial charge in [0.2, 0.25) is 0 Å². The highest BCUT2D eigenvalue weighted by Crippen LogP contribution is 2.14. The van der Waals surface area contributed by atoms with E-state index in [0.29, 0.717) is 6.01 Å². The summed E-state index contributed by atoms with van der Waals surface area (Å²) in [4.78, 5) is 8.45. The molecule has 1 aliphatic rings. The molecule has 0 aromatic carbocycles. The van der Waals surface area contributed by atoms with Crippen molar-refractivity contribution in [1.29, 1.82) is 0 Å². The second-order valence-corrected chi connectivity index (χ2v) is 3.85. The van der Waals surface area contributed by atoms with Crippen LogP contribution in [0.5, 0.6) is 6.01 Å². The molecule has 1 fully saturated rings. The van der Waals surface area contributed by atoms with Crippen LogP contribution in [-0.4, -0.2) is 29.3 Å². The van der Waals surface area contributed by atoms with Gasteiger partial charge in [-0.05, 0) is 19.4 Å². The molecule has 1 aromatic rings. The van der Waals surface area contributed by atoms with E-state index in [2.05, 4.69) is 9.97 Å². The Morgan fingerprint density at radius 2 is 2.07 bits per heavy atom. The van der Waals surface area contributed by atoms with Gasteiger partial charge in [-0.15, -0.1) is 0 Å². The minimum atomic E-state index is 0.209. The van der Waals surface area contributed by atoms with Crippen LogP contribution in [-0.2, 0) is 4.74 Å². The van der Waals surface area contributed by atoms with Crippen molar-refractivity contribution in [2.45, 2.75) is 32.8 Å². The third-order valence-corrected chi connectivity index (χ3v) is 2.64. The summed E-state index contributed by atoms with van der Waals surface area (Å²) in [6.07, 6.45) is 3.87. The molecule has 4 heteroatoms. The van der Waals surface area contributed by atoms with E-state index in [4.69, 9.17) is 9.47 Å². The Balaban J connectivity index is 2.00. The fourth-order valence-electron chi connectivity index (χ4n) is 1.51. The van der Waals surface area contributed by atoms with Gasteiger partial charge in [-0.1, -0.05) is 0 Å². The van der Waals surface area contributed by atoms with Gasteiger partial charge in [0.15, 0.2) is 0 Å². The summed E-state index contributed by atoms with van der Waals surface area (Å²) >= 11 is 0. The molecule has 0 N–H and O–H groups in total. The number of ether oxygens (including phenoxy) is 2. The maximum Gasteiger partial charge on any atom is 0.316 e. The third kappa shape index (κ3) is 2.65. The van der Waals surface area contributed by atoms with Crippen molar-refractivity contribution in [3.05, 3.63) is 17.5 Å². The lowest BCUT2D eigenvalue weighted by atomic mass is 10.2. The molecule has 1 aliphatic heterocycles. The van der Waals surface area contributed by atoms with Crippen molar-refractivity contribution >= 4 is 0 Å². The number of nitrogens with zero attached hydrogens (tertiary/aromatic N) is 2. The van der Waals surface area contributed by atoms with Crippen LogP contribution in [0, 0.1) is 13.8 Å². The van der Waals surface area contributed by atoms with E-state index >= 15 is 0 Å². The van der Waals surface area contributed by atoms with Crippen molar-refractivity contribution in [1.82, 2.24) is 9.97 Å². The first-order valence-electron chi connectivity index (χ1n) is 5.30. The van der Waals surface area contributed by atoms with Gasteiger partial charge in [-0.2, -0.15) is 0 Å². The van der Waals surface area contributed by atoms with Gasteiger partial charge in [-0.3, -0.25) is 0 Å². The molecule has 0 unspecified atom stereocenters. The Bertz CT molecular complexity index is 335. The number of hydrogen-bond donors (Lipinski definition) is 0. The average Bonchev–Trinajstić information content (AvgIpc) is 2.25. The summed E-state index contributed by atoms with van der Waals surface area (Å²) < 4.78 is 10.9. The Morgan fingerprint density at radius 3 is 2.73 bits per heavy atom. The molecule has 82 valence electrons. The Labute approximate surface area is 89.6 Å². The molecule has 0 aliphatic carbocycles. The smallest absolute Gasteiger partial charge is 0.316 e. The van der Waals surface area contributed by atoms with E-state index in [1.54, 1.807) is 6.20 Å². The molecule has 0 amide bonds. The fourth-order valence-corrected chi connectivity index (χ4v) is 1.51. The predicted octanol–water partition coefficient (Wildman–Crippen LogP) is 1.65. The van der Waals surface area contributed by atoms with Crippen molar-refractivity contribution in [2.24, 2.45) is 0 Å². The number of hydrogen-bond acceptors (Lipinski definition) is 4. The van der Waals surface area contributed by atoms with Gasteiger partial charge in [0, 0.05) is 24.7 Å². The van der Waals surface area contributed by atoms with Gasteiger partial charge in [0.1, 0.15) is 6.10 Å². The lowest BCUT2D eigenvalue weighted by Gasteiger charge is -2.22. The molecule has 0 saturated carbocycles. The quantitative estimate of drug-likeness (QED) is 0.741. The van der Waals surface area contributed by atoms with E-state index in [1.165, 1.54) is 0 Å². The fraction of sp³-hybridized carbons (Fsp3) is 0.636. The maximum absolute atomic E-state index is 5.69. The van der Waals surface area contributed by atoms with E-state index in [9.17, 15) is 0 Å². The molecule has 0 atom stereocenters. The lowest BCUT2D eigenvalue weighted by molar-refractivity contribution is 0.0216. The second-order valence-electron chi connectivity index (χ2n) is 3.85. The standard InChI is InChI=1S/C11H16N2O2/c1-8-7-12-11(13-9(8)2)15-10-3-5-14-6-4-10/h7,10H,3-6H2,1-2H3. The largest absolute Gasteiger partial charge is 0.460 e. The van der Waals surface area contributed by atoms with Crippen LogP contribution in [0.1, 0.15) is 24.1 Å². The van der Waals surface area contributed by atoms with Crippen LogP contribution in [0.4, 0.5) is 0 Å². The summed E-state index contributed by atoms with van der Waals surface area (Å²) in [5.74, 6) is 0. The molecule has 2 heterocycles. The van der Waals surface area contributed by atoms with Gasteiger partial charge < -0.3 is 9.47 Å². The lowest BCUT2D eigenvalue weighted by Crippen LogP contribution is -2.26. The van der Waals surface area contributed by atoms with E-state index in [1.807, 2.05) is 13.8 Å². The first-order valence-corrected chi connectivity index (χ1v) is 5.30. The van der Waals surface area contributed by atoms with Gasteiger partial charge in [-0.25, -0.2) is 9.97 Å². The topological polar surface area (TPSA) is 44.2 Å². The highest BCUT2D eigenvalue weighted by atomic mass is 16.5. The molecule has 0 radical (unpaired) electrons. The van der Waals surface area contributed by atoms with Crippen molar-refractivity contribution < 1.29 is 9.47 Å². The zero-order valence-electron chi connectivity index (χ0n) is 9.19. The highest BCUT2D eigenvalue weighted by molar-refractivity contribution is 5.15. The molecular formula is C11H16N2O2. The van der Waals surface area contributed by atoms with Gasteiger partial charge in [0.05, 0.1) is 13.2 Å². The van der Waals surface area contributed by atoms with Crippen LogP contribution in [0.3, 0.4) is 0 Å². The summed E-state index contributed by atoms with van der Waals surface area (Å²) in [7, 11) is 0. The molecule has 1 saturated heterocycles. The average molecular weight is 208 g/mol. The normalized spacial score (nSPS) is 17.7. The Kier molecular flexibility index (Phi) is 3.16. The third-order valence-electron chi connectivity index (χ3n) is 2.64. The van der Waals surface area contributed by atoms with Crippen LogP contribution in [0.2, 0.25) is 0 Å². The van der Waals surface area contributed by atoms with E-state index in [-0.39, 0.29) is 6.10 Å². The first-order chi connectivity index (χ1) is 7.25. The van der Waals surface area contributed by atoms with Crippen molar-refractivity contribution in [3.63, 3.8) is 0 Å². The second kappa shape index (κ2) is 4.57. The number of aromatic nitrogens is 2. The number of aryl methyl sites for hydroxylation is 2. The van der Waals surface area contributed by atoms with Crippen LogP contribution in [0.15, 0.2) is 6.20 Å². The molecule has 15 heavy (non-hydrogen) atoms. The van der Waals surface area contributed by atoms with E-state index in [0.717, 1.165) is 37.3 Å².